The van der Waals surface area contributed by atoms with Gasteiger partial charge < -0.3 is 4.90 Å². The van der Waals surface area contributed by atoms with E-state index in [1.807, 2.05) is 18.2 Å². The highest BCUT2D eigenvalue weighted by Crippen LogP contribution is 2.27. The van der Waals surface area contributed by atoms with Gasteiger partial charge in [0.2, 0.25) is 5.91 Å². The van der Waals surface area contributed by atoms with Crippen molar-refractivity contribution >= 4 is 28.0 Å². The van der Waals surface area contributed by atoms with Crippen molar-refractivity contribution in [2.75, 3.05) is 7.05 Å². The van der Waals surface area contributed by atoms with Gasteiger partial charge in [0.15, 0.2) is 0 Å². The minimum Gasteiger partial charge on any atom is -0.337 e. The maximum absolute atomic E-state index is 12.6. The number of hydrogen-bond acceptors (Lipinski definition) is 5. The Morgan fingerprint density at radius 1 is 1.27 bits per heavy atom. The fourth-order valence-electron chi connectivity index (χ4n) is 3.25. The van der Waals surface area contributed by atoms with Crippen LogP contribution in [0.2, 0.25) is 0 Å². The van der Waals surface area contributed by atoms with Gasteiger partial charge in [0.05, 0.1) is 23.8 Å². The molecule has 0 saturated heterocycles. The molecule has 4 rings (SSSR count). The molecule has 0 unspecified atom stereocenters. The largest absolute Gasteiger partial charge is 0.337 e. The zero-order valence-electron chi connectivity index (χ0n) is 14.6. The molecule has 6 nitrogen and oxygen atoms in total. The van der Waals surface area contributed by atoms with E-state index >= 15 is 0 Å². The van der Waals surface area contributed by atoms with E-state index in [1.165, 1.54) is 28.1 Å². The van der Waals surface area contributed by atoms with Gasteiger partial charge in [0.25, 0.3) is 5.56 Å². The normalized spacial score (nSPS) is 13.6. The molecule has 1 amide bonds. The number of rotatable bonds is 4. The van der Waals surface area contributed by atoms with E-state index in [4.69, 9.17) is 0 Å². The molecule has 1 aromatic carbocycles. The number of aryl methyl sites for hydroxylation is 2. The van der Waals surface area contributed by atoms with Crippen molar-refractivity contribution in [2.45, 2.75) is 38.8 Å². The molecular formula is C19H20N4O2S. The Balaban J connectivity index is 1.48. The zero-order chi connectivity index (χ0) is 18.1. The monoisotopic (exact) mass is 368 g/mol. The lowest BCUT2D eigenvalue weighted by molar-refractivity contribution is -0.131. The van der Waals surface area contributed by atoms with Crippen LogP contribution in [0.5, 0.6) is 0 Å². The predicted molar refractivity (Wildman–Crippen MR) is 101 cm³/mol. The SMILES string of the molecule is CN(Cc1nc2c(s1)CCCC2)C(=O)Cn1ncc2ccccc2c1=O. The molecule has 0 N–H and O–H groups in total. The lowest BCUT2D eigenvalue weighted by Gasteiger charge is -2.16. The highest BCUT2D eigenvalue weighted by Gasteiger charge is 2.18. The summed E-state index contributed by atoms with van der Waals surface area (Å²) in [5.74, 6) is -0.150. The van der Waals surface area contributed by atoms with Gasteiger partial charge in [-0.1, -0.05) is 18.2 Å². The third-order valence-corrected chi connectivity index (χ3v) is 5.88. The second kappa shape index (κ2) is 6.99. The molecular weight excluding hydrogens is 348 g/mol. The van der Waals surface area contributed by atoms with Crippen LogP contribution in [0.25, 0.3) is 10.8 Å². The average molecular weight is 368 g/mol. The van der Waals surface area contributed by atoms with Crippen LogP contribution in [-0.2, 0) is 30.7 Å². The Hall–Kier alpha value is -2.54. The Morgan fingerprint density at radius 2 is 2.08 bits per heavy atom. The number of benzene rings is 1. The van der Waals surface area contributed by atoms with Crippen LogP contribution in [0.3, 0.4) is 0 Å². The Morgan fingerprint density at radius 3 is 2.92 bits per heavy atom. The topological polar surface area (TPSA) is 68.1 Å². The van der Waals surface area contributed by atoms with Crippen molar-refractivity contribution in [3.8, 4) is 0 Å². The van der Waals surface area contributed by atoms with Crippen LogP contribution < -0.4 is 5.56 Å². The van der Waals surface area contributed by atoms with Crippen molar-refractivity contribution in [1.29, 1.82) is 0 Å². The molecule has 1 aliphatic carbocycles. The summed E-state index contributed by atoms with van der Waals surface area (Å²) in [6, 6.07) is 7.27. The number of carbonyl (C=O) groups is 1. The average Bonchev–Trinajstić information content (AvgIpc) is 3.06. The number of thiazole rings is 1. The van der Waals surface area contributed by atoms with Gasteiger partial charge in [0.1, 0.15) is 11.6 Å². The Labute approximate surface area is 155 Å². The summed E-state index contributed by atoms with van der Waals surface area (Å²) in [6.45, 7) is 0.407. The van der Waals surface area contributed by atoms with Crippen LogP contribution in [-0.4, -0.2) is 32.6 Å². The fraction of sp³-hybridized carbons (Fsp3) is 0.368. The number of likely N-dealkylation sites (N-methyl/N-ethyl adjacent to an activating group) is 1. The molecule has 0 aliphatic heterocycles. The van der Waals surface area contributed by atoms with Gasteiger partial charge in [-0.2, -0.15) is 5.10 Å². The van der Waals surface area contributed by atoms with Crippen LogP contribution in [0.1, 0.15) is 28.4 Å². The molecule has 134 valence electrons. The molecule has 26 heavy (non-hydrogen) atoms. The first kappa shape index (κ1) is 16.9. The summed E-state index contributed by atoms with van der Waals surface area (Å²) in [5.41, 5.74) is 0.957. The van der Waals surface area contributed by atoms with Gasteiger partial charge in [-0.3, -0.25) is 9.59 Å². The quantitative estimate of drug-likeness (QED) is 0.709. The van der Waals surface area contributed by atoms with E-state index in [-0.39, 0.29) is 18.0 Å². The smallest absolute Gasteiger partial charge is 0.275 e. The summed E-state index contributed by atoms with van der Waals surface area (Å²) in [4.78, 5) is 32.7. The Bertz CT molecular complexity index is 1000. The third kappa shape index (κ3) is 3.26. The summed E-state index contributed by atoms with van der Waals surface area (Å²) in [6.07, 6.45) is 6.18. The van der Waals surface area contributed by atoms with E-state index in [2.05, 4.69) is 10.1 Å². The number of amides is 1. The molecule has 0 atom stereocenters. The maximum Gasteiger partial charge on any atom is 0.275 e. The van der Waals surface area contributed by atoms with Crippen molar-refractivity contribution in [2.24, 2.45) is 0 Å². The molecule has 3 aromatic rings. The van der Waals surface area contributed by atoms with Gasteiger partial charge >= 0.3 is 0 Å². The summed E-state index contributed by atoms with van der Waals surface area (Å²) in [5, 5.41) is 6.45. The minimum atomic E-state index is -0.241. The van der Waals surface area contributed by atoms with E-state index < -0.39 is 0 Å². The van der Waals surface area contributed by atoms with E-state index in [0.717, 1.165) is 23.2 Å². The highest BCUT2D eigenvalue weighted by atomic mass is 32.1. The molecule has 0 spiro atoms. The lowest BCUT2D eigenvalue weighted by Crippen LogP contribution is -2.34. The number of carbonyl (C=O) groups excluding carboxylic acids is 1. The van der Waals surface area contributed by atoms with Crippen LogP contribution >= 0.6 is 11.3 Å². The molecule has 0 fully saturated rings. The number of fused-ring (bicyclic) bond motifs is 2. The fourth-order valence-corrected chi connectivity index (χ4v) is 4.46. The summed E-state index contributed by atoms with van der Waals surface area (Å²) in [7, 11) is 1.74. The molecule has 2 aromatic heterocycles. The Kier molecular flexibility index (Phi) is 4.55. The van der Waals surface area contributed by atoms with Gasteiger partial charge in [-0.05, 0) is 31.7 Å². The van der Waals surface area contributed by atoms with Crippen molar-refractivity contribution in [1.82, 2.24) is 19.7 Å². The molecule has 0 bridgehead atoms. The number of nitrogens with zero attached hydrogens (tertiary/aromatic N) is 4. The molecule has 7 heteroatoms. The summed E-state index contributed by atoms with van der Waals surface area (Å²) >= 11 is 1.70. The van der Waals surface area contributed by atoms with Gasteiger partial charge in [0, 0.05) is 17.3 Å². The molecule has 0 radical (unpaired) electrons. The minimum absolute atomic E-state index is 0.0642. The number of hydrogen-bond donors (Lipinski definition) is 0. The first-order valence-electron chi connectivity index (χ1n) is 8.78. The summed E-state index contributed by atoms with van der Waals surface area (Å²) < 4.78 is 1.23. The molecule has 1 aliphatic rings. The molecule has 0 saturated carbocycles. The van der Waals surface area contributed by atoms with Crippen LogP contribution in [0.4, 0.5) is 0 Å². The van der Waals surface area contributed by atoms with Crippen LogP contribution in [0.15, 0.2) is 35.3 Å². The zero-order valence-corrected chi connectivity index (χ0v) is 15.5. The number of aromatic nitrogens is 3. The second-order valence-corrected chi connectivity index (χ2v) is 7.80. The van der Waals surface area contributed by atoms with Crippen LogP contribution in [0, 0.1) is 0 Å². The first-order valence-corrected chi connectivity index (χ1v) is 9.60. The standard InChI is InChI=1S/C19H20N4O2S/c1-22(11-17-21-15-8-4-5-9-16(15)26-17)18(24)12-23-19(25)14-7-3-2-6-13(14)10-20-23/h2-3,6-7,10H,4-5,8-9,11-12H2,1H3. The molecule has 2 heterocycles. The second-order valence-electron chi connectivity index (χ2n) is 6.63. The van der Waals surface area contributed by atoms with Gasteiger partial charge in [-0.15, -0.1) is 11.3 Å². The van der Waals surface area contributed by atoms with E-state index in [0.29, 0.717) is 11.9 Å². The van der Waals surface area contributed by atoms with Crippen molar-refractivity contribution in [3.63, 3.8) is 0 Å². The maximum atomic E-state index is 12.6. The highest BCUT2D eigenvalue weighted by molar-refractivity contribution is 7.11. The third-order valence-electron chi connectivity index (χ3n) is 4.74. The van der Waals surface area contributed by atoms with E-state index in [1.54, 1.807) is 35.5 Å². The predicted octanol–water partition coefficient (Wildman–Crippen LogP) is 2.39. The van der Waals surface area contributed by atoms with E-state index in [9.17, 15) is 9.59 Å². The van der Waals surface area contributed by atoms with Gasteiger partial charge in [-0.25, -0.2) is 9.67 Å². The first-order chi connectivity index (χ1) is 12.6. The lowest BCUT2D eigenvalue weighted by atomic mass is 10.0. The van der Waals surface area contributed by atoms with Crippen molar-refractivity contribution < 1.29 is 4.79 Å². The van der Waals surface area contributed by atoms with Crippen molar-refractivity contribution in [3.05, 3.63) is 56.4 Å².